The third kappa shape index (κ3) is 4.03. The van der Waals surface area contributed by atoms with Gasteiger partial charge >= 0.3 is 0 Å². The maximum absolute atomic E-state index is 12.2. The van der Waals surface area contributed by atoms with Crippen molar-refractivity contribution in [2.24, 2.45) is 7.05 Å². The van der Waals surface area contributed by atoms with Crippen molar-refractivity contribution in [1.29, 1.82) is 0 Å². The zero-order valence-corrected chi connectivity index (χ0v) is 13.0. The van der Waals surface area contributed by atoms with Crippen LogP contribution in [0.25, 0.3) is 0 Å². The van der Waals surface area contributed by atoms with Crippen molar-refractivity contribution in [1.82, 2.24) is 15.1 Å². The van der Waals surface area contributed by atoms with Gasteiger partial charge in [-0.3, -0.25) is 14.4 Å². The summed E-state index contributed by atoms with van der Waals surface area (Å²) in [6.45, 7) is 2.52. The molecule has 2 amide bonds. The van der Waals surface area contributed by atoms with Crippen molar-refractivity contribution in [2.75, 3.05) is 11.9 Å². The monoisotopic (exact) mass is 314 g/mol. The van der Waals surface area contributed by atoms with E-state index in [1.54, 1.807) is 24.3 Å². The average Bonchev–Trinajstić information content (AvgIpc) is 2.55. The highest BCUT2D eigenvalue weighted by Gasteiger charge is 2.14. The van der Waals surface area contributed by atoms with Crippen LogP contribution in [0, 0.1) is 0 Å². The zero-order chi connectivity index (χ0) is 16.8. The first-order chi connectivity index (χ1) is 11.0. The number of rotatable bonds is 5. The molecular formula is C16H18N4O3. The van der Waals surface area contributed by atoms with Crippen LogP contribution in [-0.4, -0.2) is 28.1 Å². The van der Waals surface area contributed by atoms with E-state index in [4.69, 9.17) is 0 Å². The number of carbonyl (C=O) groups is 2. The van der Waals surface area contributed by atoms with Crippen LogP contribution in [0.2, 0.25) is 0 Å². The molecule has 2 rings (SSSR count). The Morgan fingerprint density at radius 3 is 2.57 bits per heavy atom. The lowest BCUT2D eigenvalue weighted by Gasteiger charge is -2.11. The number of hydrogen-bond acceptors (Lipinski definition) is 4. The average molecular weight is 314 g/mol. The Morgan fingerprint density at radius 1 is 1.13 bits per heavy atom. The van der Waals surface area contributed by atoms with E-state index in [-0.39, 0.29) is 17.2 Å². The molecule has 0 aliphatic carbocycles. The molecule has 1 aromatic heterocycles. The SMILES string of the molecule is CCCNC(=O)c1ccccc1NC(=O)c1ccc(=O)n(C)n1. The van der Waals surface area contributed by atoms with Gasteiger partial charge in [-0.15, -0.1) is 0 Å². The zero-order valence-electron chi connectivity index (χ0n) is 13.0. The topological polar surface area (TPSA) is 93.1 Å². The second-order valence-corrected chi connectivity index (χ2v) is 4.94. The number of carbonyl (C=O) groups excluding carboxylic acids is 2. The van der Waals surface area contributed by atoms with Gasteiger partial charge in [0, 0.05) is 19.7 Å². The Labute approximate surface area is 133 Å². The summed E-state index contributed by atoms with van der Waals surface area (Å²) in [7, 11) is 1.46. The first-order valence-corrected chi connectivity index (χ1v) is 7.26. The van der Waals surface area contributed by atoms with Gasteiger partial charge in [-0.2, -0.15) is 5.10 Å². The standard InChI is InChI=1S/C16H18N4O3/c1-3-10-17-15(22)11-6-4-5-7-12(11)18-16(23)13-8-9-14(21)20(2)19-13/h4-9H,3,10H2,1-2H3,(H,17,22)(H,18,23). The second-order valence-electron chi connectivity index (χ2n) is 4.94. The molecule has 0 aliphatic rings. The Hall–Kier alpha value is -2.96. The van der Waals surface area contributed by atoms with E-state index in [1.807, 2.05) is 6.92 Å². The van der Waals surface area contributed by atoms with Crippen LogP contribution in [0.1, 0.15) is 34.2 Å². The number of para-hydroxylation sites is 1. The number of nitrogens with one attached hydrogen (secondary N) is 2. The van der Waals surface area contributed by atoms with Crippen molar-refractivity contribution in [3.63, 3.8) is 0 Å². The van der Waals surface area contributed by atoms with Crippen LogP contribution in [0.5, 0.6) is 0 Å². The molecule has 23 heavy (non-hydrogen) atoms. The Kier molecular flexibility index (Phi) is 5.24. The largest absolute Gasteiger partial charge is 0.352 e. The molecule has 0 saturated carbocycles. The van der Waals surface area contributed by atoms with Gasteiger partial charge in [0.2, 0.25) is 0 Å². The fourth-order valence-corrected chi connectivity index (χ4v) is 1.93. The summed E-state index contributed by atoms with van der Waals surface area (Å²) in [4.78, 5) is 35.7. The first-order valence-electron chi connectivity index (χ1n) is 7.26. The minimum absolute atomic E-state index is 0.0934. The van der Waals surface area contributed by atoms with Gasteiger partial charge in [0.25, 0.3) is 17.4 Å². The fraction of sp³-hybridized carbons (Fsp3) is 0.250. The van der Waals surface area contributed by atoms with Crippen molar-refractivity contribution in [3.8, 4) is 0 Å². The number of anilines is 1. The summed E-state index contributed by atoms with van der Waals surface area (Å²) in [6.07, 6.45) is 0.822. The van der Waals surface area contributed by atoms with E-state index < -0.39 is 5.91 Å². The Morgan fingerprint density at radius 2 is 1.87 bits per heavy atom. The van der Waals surface area contributed by atoms with Gasteiger partial charge in [0.05, 0.1) is 11.3 Å². The maximum Gasteiger partial charge on any atom is 0.276 e. The molecule has 2 aromatic rings. The van der Waals surface area contributed by atoms with Crippen molar-refractivity contribution in [2.45, 2.75) is 13.3 Å². The highest BCUT2D eigenvalue weighted by atomic mass is 16.2. The van der Waals surface area contributed by atoms with Gasteiger partial charge in [-0.1, -0.05) is 19.1 Å². The molecular weight excluding hydrogens is 296 g/mol. The van der Waals surface area contributed by atoms with E-state index in [9.17, 15) is 14.4 Å². The van der Waals surface area contributed by atoms with Crippen molar-refractivity contribution < 1.29 is 9.59 Å². The van der Waals surface area contributed by atoms with Crippen LogP contribution >= 0.6 is 0 Å². The van der Waals surface area contributed by atoms with Crippen molar-refractivity contribution in [3.05, 3.63) is 58.0 Å². The van der Waals surface area contributed by atoms with E-state index in [1.165, 1.54) is 19.2 Å². The molecule has 0 saturated heterocycles. The highest BCUT2D eigenvalue weighted by Crippen LogP contribution is 2.15. The minimum Gasteiger partial charge on any atom is -0.352 e. The molecule has 0 radical (unpaired) electrons. The summed E-state index contributed by atoms with van der Waals surface area (Å²) in [5.41, 5.74) is 0.553. The number of aryl methyl sites for hydroxylation is 1. The summed E-state index contributed by atoms with van der Waals surface area (Å²) in [5.74, 6) is -0.743. The molecule has 0 atom stereocenters. The van der Waals surface area contributed by atoms with Crippen LogP contribution < -0.4 is 16.2 Å². The quantitative estimate of drug-likeness (QED) is 0.866. The lowest BCUT2D eigenvalue weighted by Crippen LogP contribution is -2.27. The van der Waals surface area contributed by atoms with Crippen LogP contribution in [-0.2, 0) is 7.05 Å². The molecule has 1 heterocycles. The van der Waals surface area contributed by atoms with E-state index in [2.05, 4.69) is 15.7 Å². The summed E-state index contributed by atoms with van der Waals surface area (Å²) in [5, 5.41) is 9.31. The number of amides is 2. The molecule has 0 spiro atoms. The van der Waals surface area contributed by atoms with Gasteiger partial charge in [-0.25, -0.2) is 4.68 Å². The number of hydrogen-bond donors (Lipinski definition) is 2. The second kappa shape index (κ2) is 7.35. The summed E-state index contributed by atoms with van der Waals surface area (Å²) < 4.78 is 1.08. The molecule has 0 bridgehead atoms. The highest BCUT2D eigenvalue weighted by molar-refractivity contribution is 6.08. The lowest BCUT2D eigenvalue weighted by molar-refractivity contribution is 0.0954. The molecule has 1 aromatic carbocycles. The number of benzene rings is 1. The molecule has 7 heteroatoms. The van der Waals surface area contributed by atoms with E-state index >= 15 is 0 Å². The van der Waals surface area contributed by atoms with Gasteiger partial charge in [-0.05, 0) is 24.6 Å². The van der Waals surface area contributed by atoms with Gasteiger partial charge in [0.15, 0.2) is 0 Å². The molecule has 0 aliphatic heterocycles. The minimum atomic E-state index is -0.489. The smallest absolute Gasteiger partial charge is 0.276 e. The van der Waals surface area contributed by atoms with Crippen LogP contribution in [0.3, 0.4) is 0 Å². The molecule has 0 fully saturated rings. The molecule has 0 unspecified atom stereocenters. The fourth-order valence-electron chi connectivity index (χ4n) is 1.93. The van der Waals surface area contributed by atoms with E-state index in [0.717, 1.165) is 11.1 Å². The normalized spacial score (nSPS) is 10.2. The Balaban J connectivity index is 2.22. The van der Waals surface area contributed by atoms with Crippen LogP contribution in [0.4, 0.5) is 5.69 Å². The summed E-state index contributed by atoms with van der Waals surface area (Å²) >= 11 is 0. The third-order valence-electron chi connectivity index (χ3n) is 3.15. The van der Waals surface area contributed by atoms with Gasteiger partial charge < -0.3 is 10.6 Å². The van der Waals surface area contributed by atoms with Gasteiger partial charge in [0.1, 0.15) is 5.69 Å². The molecule has 7 nitrogen and oxygen atoms in total. The lowest BCUT2D eigenvalue weighted by atomic mass is 10.1. The predicted molar refractivity (Wildman–Crippen MR) is 86.5 cm³/mol. The van der Waals surface area contributed by atoms with Crippen molar-refractivity contribution >= 4 is 17.5 Å². The number of aromatic nitrogens is 2. The predicted octanol–water partition coefficient (Wildman–Crippen LogP) is 1.17. The third-order valence-corrected chi connectivity index (χ3v) is 3.15. The van der Waals surface area contributed by atoms with E-state index in [0.29, 0.717) is 17.8 Å². The number of nitrogens with zero attached hydrogens (tertiary/aromatic N) is 2. The molecule has 120 valence electrons. The van der Waals surface area contributed by atoms with Crippen LogP contribution in [0.15, 0.2) is 41.2 Å². The maximum atomic E-state index is 12.2. The molecule has 2 N–H and O–H groups in total. The first kappa shape index (κ1) is 16.4. The Bertz CT molecular complexity index is 783. The summed E-state index contributed by atoms with van der Waals surface area (Å²) in [6, 6.07) is 9.33.